The maximum atomic E-state index is 12.9. The van der Waals surface area contributed by atoms with Gasteiger partial charge in [0.25, 0.3) is 0 Å². The number of hydrogen-bond acceptors (Lipinski definition) is 7. The molecule has 1 saturated heterocycles. The van der Waals surface area contributed by atoms with Crippen molar-refractivity contribution in [2.75, 3.05) is 39.8 Å². The summed E-state index contributed by atoms with van der Waals surface area (Å²) in [7, 11) is -1.94. The molecule has 2 heterocycles. The van der Waals surface area contributed by atoms with Crippen LogP contribution < -0.4 is 14.8 Å². The van der Waals surface area contributed by atoms with Gasteiger partial charge in [-0.3, -0.25) is 0 Å². The third-order valence-corrected chi connectivity index (χ3v) is 8.73. The van der Waals surface area contributed by atoms with Gasteiger partial charge in [0.05, 0.1) is 12.0 Å². The van der Waals surface area contributed by atoms with Crippen LogP contribution in [0.4, 0.5) is 13.2 Å². The molecule has 0 aliphatic carbocycles. The van der Waals surface area contributed by atoms with E-state index in [1.165, 1.54) is 17.7 Å². The Kier molecular flexibility index (Phi) is 12.2. The lowest BCUT2D eigenvalue weighted by Crippen LogP contribution is -2.33. The molecule has 0 radical (unpaired) electrons. The average molecular weight is 614 g/mol. The third kappa shape index (κ3) is 10.4. The Morgan fingerprint density at radius 1 is 1.07 bits per heavy atom. The van der Waals surface area contributed by atoms with Crippen LogP contribution >= 0.6 is 11.3 Å². The van der Waals surface area contributed by atoms with Gasteiger partial charge < -0.3 is 20.1 Å². The van der Waals surface area contributed by atoms with Gasteiger partial charge in [-0.25, -0.2) is 17.9 Å². The summed E-state index contributed by atoms with van der Waals surface area (Å²) in [6, 6.07) is 17.4. The van der Waals surface area contributed by atoms with Crippen molar-refractivity contribution < 1.29 is 36.2 Å². The number of ether oxygens (including phenoxy) is 1. The Morgan fingerprint density at radius 3 is 2.44 bits per heavy atom. The second-order valence-corrected chi connectivity index (χ2v) is 12.1. The predicted octanol–water partition coefficient (Wildman–Crippen LogP) is 4.76. The summed E-state index contributed by atoms with van der Waals surface area (Å²) in [6.07, 6.45) is -1.69. The number of hydrogen-bond donors (Lipinski definition) is 3. The van der Waals surface area contributed by atoms with Gasteiger partial charge in [0.1, 0.15) is 5.75 Å². The number of alkyl halides is 3. The number of thiophene rings is 1. The molecule has 0 saturated carbocycles. The van der Waals surface area contributed by atoms with Crippen molar-refractivity contribution in [2.24, 2.45) is 0 Å². The van der Waals surface area contributed by atoms with Crippen molar-refractivity contribution in [2.45, 2.75) is 36.9 Å². The molecule has 0 unspecified atom stereocenters. The zero-order valence-electron chi connectivity index (χ0n) is 22.6. The summed E-state index contributed by atoms with van der Waals surface area (Å²) in [5.41, 5.74) is 2.83. The van der Waals surface area contributed by atoms with Gasteiger partial charge in [-0.05, 0) is 79.2 Å². The zero-order valence-corrected chi connectivity index (χ0v) is 24.2. The SMILES string of the molecule is COc1ccc(CNCCc2cccs2)cc1-c1cccc(S(=O)(=O)NCCN2CCCC2)c1.O=C(O)C(F)(F)F. The second kappa shape index (κ2) is 15.3. The van der Waals surface area contributed by atoms with Crippen molar-refractivity contribution in [3.05, 3.63) is 70.4 Å². The number of sulfonamides is 1. The minimum Gasteiger partial charge on any atom is -0.496 e. The van der Waals surface area contributed by atoms with Gasteiger partial charge >= 0.3 is 12.1 Å². The van der Waals surface area contributed by atoms with E-state index in [0.717, 1.165) is 61.6 Å². The fraction of sp³-hybridized carbons (Fsp3) is 0.393. The molecule has 3 aromatic rings. The van der Waals surface area contributed by atoms with E-state index in [4.69, 9.17) is 14.6 Å². The van der Waals surface area contributed by atoms with Crippen LogP contribution in [0.25, 0.3) is 11.1 Å². The fourth-order valence-electron chi connectivity index (χ4n) is 4.25. The van der Waals surface area contributed by atoms with Crippen molar-refractivity contribution in [3.63, 3.8) is 0 Å². The first-order chi connectivity index (χ1) is 19.5. The predicted molar refractivity (Wildman–Crippen MR) is 153 cm³/mol. The van der Waals surface area contributed by atoms with Crippen molar-refractivity contribution in [3.8, 4) is 16.9 Å². The van der Waals surface area contributed by atoms with Crippen LogP contribution in [0, 0.1) is 0 Å². The van der Waals surface area contributed by atoms with E-state index in [2.05, 4.69) is 38.5 Å². The van der Waals surface area contributed by atoms with Gasteiger partial charge in [-0.15, -0.1) is 11.3 Å². The number of carboxylic acid groups (broad SMARTS) is 1. The first kappa shape index (κ1) is 32.5. The lowest BCUT2D eigenvalue weighted by Gasteiger charge is -2.15. The number of carboxylic acids is 1. The molecule has 224 valence electrons. The molecular weight excluding hydrogens is 579 g/mol. The molecule has 41 heavy (non-hydrogen) atoms. The van der Waals surface area contributed by atoms with Gasteiger partial charge in [-0.1, -0.05) is 24.3 Å². The summed E-state index contributed by atoms with van der Waals surface area (Å²) in [5.74, 6) is -2.04. The van der Waals surface area contributed by atoms with Crippen LogP contribution in [0.2, 0.25) is 0 Å². The van der Waals surface area contributed by atoms with Crippen LogP contribution in [0.5, 0.6) is 5.75 Å². The average Bonchev–Trinajstić information content (AvgIpc) is 3.66. The summed E-state index contributed by atoms with van der Waals surface area (Å²) in [4.78, 5) is 12.8. The highest BCUT2D eigenvalue weighted by Gasteiger charge is 2.38. The molecule has 1 aliphatic heterocycles. The van der Waals surface area contributed by atoms with Gasteiger partial charge in [-0.2, -0.15) is 13.2 Å². The quantitative estimate of drug-likeness (QED) is 0.253. The Labute approximate surface area is 242 Å². The van der Waals surface area contributed by atoms with Crippen LogP contribution in [-0.4, -0.2) is 70.4 Å². The topological polar surface area (TPSA) is 108 Å². The number of likely N-dealkylation sites (tertiary alicyclic amines) is 1. The largest absolute Gasteiger partial charge is 0.496 e. The van der Waals surface area contributed by atoms with E-state index >= 15 is 0 Å². The fourth-order valence-corrected chi connectivity index (χ4v) is 6.02. The van der Waals surface area contributed by atoms with E-state index in [9.17, 15) is 21.6 Å². The van der Waals surface area contributed by atoms with Gasteiger partial charge in [0.15, 0.2) is 0 Å². The van der Waals surface area contributed by atoms with Crippen LogP contribution in [0.15, 0.2) is 64.9 Å². The molecule has 3 N–H and O–H groups in total. The van der Waals surface area contributed by atoms with Gasteiger partial charge in [0.2, 0.25) is 10.0 Å². The molecule has 0 atom stereocenters. The third-order valence-electron chi connectivity index (χ3n) is 6.34. The first-order valence-electron chi connectivity index (χ1n) is 13.0. The smallest absolute Gasteiger partial charge is 0.490 e. The van der Waals surface area contributed by atoms with E-state index in [-0.39, 0.29) is 4.90 Å². The number of aliphatic carboxylic acids is 1. The molecule has 1 fully saturated rings. The number of nitrogens with one attached hydrogen (secondary N) is 2. The van der Waals surface area contributed by atoms with Crippen LogP contribution in [0.1, 0.15) is 23.3 Å². The number of methoxy groups -OCH3 is 1. The molecule has 4 rings (SSSR count). The maximum Gasteiger partial charge on any atom is 0.490 e. The molecule has 0 spiro atoms. The number of benzene rings is 2. The number of rotatable bonds is 12. The highest BCUT2D eigenvalue weighted by molar-refractivity contribution is 7.89. The Morgan fingerprint density at radius 2 is 1.80 bits per heavy atom. The zero-order chi connectivity index (χ0) is 29.9. The highest BCUT2D eigenvalue weighted by atomic mass is 32.2. The lowest BCUT2D eigenvalue weighted by molar-refractivity contribution is -0.192. The minimum atomic E-state index is -5.08. The highest BCUT2D eigenvalue weighted by Crippen LogP contribution is 2.32. The number of carbonyl (C=O) groups is 1. The van der Waals surface area contributed by atoms with Gasteiger partial charge in [0, 0.05) is 36.6 Å². The van der Waals surface area contributed by atoms with Crippen LogP contribution in [0.3, 0.4) is 0 Å². The normalized spacial score (nSPS) is 14.0. The molecule has 1 aromatic heterocycles. The van der Waals surface area contributed by atoms with Crippen molar-refractivity contribution in [1.29, 1.82) is 0 Å². The van der Waals surface area contributed by atoms with E-state index in [0.29, 0.717) is 6.54 Å². The summed E-state index contributed by atoms with van der Waals surface area (Å²) >= 11 is 1.78. The van der Waals surface area contributed by atoms with Crippen molar-refractivity contribution >= 4 is 27.3 Å². The van der Waals surface area contributed by atoms with Crippen LogP contribution in [-0.2, 0) is 27.8 Å². The molecular formula is C28H34F3N3O5S2. The standard InChI is InChI=1S/C26H33N3O3S2.C2HF3O2/c1-32-26-10-9-21(20-27-12-11-23-7-5-17-33-23)18-25(26)22-6-4-8-24(19-22)34(30,31)28-13-16-29-14-2-3-15-29;3-2(4,5)1(6)7/h4-10,17-19,27-28H,2-3,11-16,20H2,1H3;(H,6,7). The van der Waals surface area contributed by atoms with E-state index in [1.807, 2.05) is 18.2 Å². The molecule has 13 heteroatoms. The summed E-state index contributed by atoms with van der Waals surface area (Å²) in [6.45, 7) is 4.90. The first-order valence-corrected chi connectivity index (χ1v) is 15.4. The number of halogens is 3. The summed E-state index contributed by atoms with van der Waals surface area (Å²) in [5, 5.41) is 12.7. The lowest BCUT2D eigenvalue weighted by atomic mass is 10.0. The monoisotopic (exact) mass is 613 g/mol. The number of nitrogens with zero attached hydrogens (tertiary/aromatic N) is 1. The van der Waals surface area contributed by atoms with E-state index < -0.39 is 22.2 Å². The summed E-state index contributed by atoms with van der Waals surface area (Å²) < 4.78 is 65.9. The Hall–Kier alpha value is -2.97. The molecule has 1 aliphatic rings. The molecule has 0 amide bonds. The molecule has 2 aromatic carbocycles. The Bertz CT molecular complexity index is 1360. The Balaban J connectivity index is 0.000000587. The maximum absolute atomic E-state index is 12.9. The van der Waals surface area contributed by atoms with E-state index in [1.54, 1.807) is 36.6 Å². The van der Waals surface area contributed by atoms with Crippen molar-refractivity contribution in [1.82, 2.24) is 14.9 Å². The molecule has 0 bridgehead atoms. The minimum absolute atomic E-state index is 0.271. The second-order valence-electron chi connectivity index (χ2n) is 9.32. The molecule has 8 nitrogen and oxygen atoms in total.